The van der Waals surface area contributed by atoms with Crippen LogP contribution in [0.15, 0.2) is 28.7 Å². The molecule has 30 heavy (non-hydrogen) atoms. The summed E-state index contributed by atoms with van der Waals surface area (Å²) in [5, 5.41) is 4.44. The van der Waals surface area contributed by atoms with Gasteiger partial charge in [-0.15, -0.1) is 0 Å². The summed E-state index contributed by atoms with van der Waals surface area (Å²) in [5.74, 6) is -0.746. The van der Waals surface area contributed by atoms with Crippen molar-refractivity contribution in [3.8, 4) is 0 Å². The van der Waals surface area contributed by atoms with E-state index >= 15 is 0 Å². The van der Waals surface area contributed by atoms with Crippen molar-refractivity contribution in [3.63, 3.8) is 0 Å². The number of hydrogen-bond acceptors (Lipinski definition) is 4. The lowest BCUT2D eigenvalue weighted by atomic mass is 9.92. The molecule has 2 heterocycles. The third-order valence-electron chi connectivity index (χ3n) is 4.72. The summed E-state index contributed by atoms with van der Waals surface area (Å²) in [6, 6.07) is 3.60. The number of halogens is 4. The first-order chi connectivity index (χ1) is 13.8. The highest BCUT2D eigenvalue weighted by atomic mass is 35.5. The van der Waals surface area contributed by atoms with Crippen molar-refractivity contribution < 1.29 is 32.0 Å². The SMILES string of the molecule is Cc1cc(C2(C)NC(=O)N(CC(=O)Nc3ccc(Cl)cc3C(F)(F)F)C2=O)c(C)o1. The maximum Gasteiger partial charge on any atom is 0.418 e. The van der Waals surface area contributed by atoms with Crippen molar-refractivity contribution in [2.24, 2.45) is 0 Å². The Morgan fingerprint density at radius 3 is 2.50 bits per heavy atom. The molecule has 4 amide bonds. The van der Waals surface area contributed by atoms with E-state index in [2.05, 4.69) is 10.6 Å². The molecule has 11 heteroatoms. The molecular weight excluding hydrogens is 427 g/mol. The van der Waals surface area contributed by atoms with Crippen LogP contribution >= 0.6 is 11.6 Å². The molecule has 0 radical (unpaired) electrons. The van der Waals surface area contributed by atoms with Gasteiger partial charge in [-0.2, -0.15) is 13.2 Å². The van der Waals surface area contributed by atoms with Gasteiger partial charge in [-0.25, -0.2) is 4.79 Å². The summed E-state index contributed by atoms with van der Waals surface area (Å²) in [6.45, 7) is 4.00. The van der Waals surface area contributed by atoms with Gasteiger partial charge in [0.05, 0.1) is 11.3 Å². The molecule has 0 saturated carbocycles. The Labute approximate surface area is 174 Å². The molecule has 2 aromatic rings. The maximum atomic E-state index is 13.2. The molecular formula is C19H17ClF3N3O4. The summed E-state index contributed by atoms with van der Waals surface area (Å²) in [7, 11) is 0. The van der Waals surface area contributed by atoms with E-state index in [9.17, 15) is 27.6 Å². The van der Waals surface area contributed by atoms with Crippen LogP contribution in [0.25, 0.3) is 0 Å². The topological polar surface area (TPSA) is 91.7 Å². The minimum atomic E-state index is -4.76. The number of anilines is 1. The van der Waals surface area contributed by atoms with E-state index < -0.39 is 47.4 Å². The third-order valence-corrected chi connectivity index (χ3v) is 4.95. The van der Waals surface area contributed by atoms with Crippen LogP contribution in [-0.4, -0.2) is 29.3 Å². The van der Waals surface area contributed by atoms with E-state index in [0.717, 1.165) is 6.07 Å². The maximum absolute atomic E-state index is 13.2. The van der Waals surface area contributed by atoms with Crippen LogP contribution in [0.4, 0.5) is 23.7 Å². The zero-order valence-electron chi connectivity index (χ0n) is 16.1. The van der Waals surface area contributed by atoms with Gasteiger partial charge in [-0.3, -0.25) is 14.5 Å². The van der Waals surface area contributed by atoms with Crippen LogP contribution in [-0.2, 0) is 21.3 Å². The van der Waals surface area contributed by atoms with Gasteiger partial charge in [-0.1, -0.05) is 11.6 Å². The largest absolute Gasteiger partial charge is 0.466 e. The van der Waals surface area contributed by atoms with Gasteiger partial charge in [0.2, 0.25) is 5.91 Å². The molecule has 1 unspecified atom stereocenters. The Bertz CT molecular complexity index is 1050. The summed E-state index contributed by atoms with van der Waals surface area (Å²) < 4.78 is 45.0. The van der Waals surface area contributed by atoms with E-state index in [1.54, 1.807) is 19.9 Å². The van der Waals surface area contributed by atoms with E-state index in [-0.39, 0.29) is 5.02 Å². The molecule has 2 N–H and O–H groups in total. The highest BCUT2D eigenvalue weighted by Gasteiger charge is 2.51. The lowest BCUT2D eigenvalue weighted by molar-refractivity contribution is -0.137. The Kier molecular flexibility index (Phi) is 5.32. The van der Waals surface area contributed by atoms with Crippen molar-refractivity contribution in [3.05, 3.63) is 51.9 Å². The smallest absolute Gasteiger partial charge is 0.418 e. The Morgan fingerprint density at radius 2 is 1.93 bits per heavy atom. The zero-order chi connectivity index (χ0) is 22.4. The van der Waals surface area contributed by atoms with Crippen molar-refractivity contribution in [1.82, 2.24) is 10.2 Å². The second kappa shape index (κ2) is 7.35. The number of amides is 4. The average molecular weight is 444 g/mol. The monoisotopic (exact) mass is 443 g/mol. The Balaban J connectivity index is 1.81. The second-order valence-corrected chi connectivity index (χ2v) is 7.45. The summed E-state index contributed by atoms with van der Waals surface area (Å²) in [4.78, 5) is 38.2. The first-order valence-electron chi connectivity index (χ1n) is 8.71. The van der Waals surface area contributed by atoms with E-state index in [1.165, 1.54) is 13.0 Å². The van der Waals surface area contributed by atoms with Crippen LogP contribution in [0.1, 0.15) is 29.6 Å². The quantitative estimate of drug-likeness (QED) is 0.699. The first-order valence-corrected chi connectivity index (χ1v) is 9.09. The zero-order valence-corrected chi connectivity index (χ0v) is 16.9. The van der Waals surface area contributed by atoms with Gasteiger partial charge in [0, 0.05) is 10.6 Å². The molecule has 160 valence electrons. The molecule has 1 saturated heterocycles. The van der Waals surface area contributed by atoms with Crippen LogP contribution < -0.4 is 10.6 Å². The molecule has 1 aliphatic heterocycles. The molecule has 1 atom stereocenters. The number of hydrogen-bond donors (Lipinski definition) is 2. The average Bonchev–Trinajstić information content (AvgIpc) is 3.07. The Morgan fingerprint density at radius 1 is 1.27 bits per heavy atom. The van der Waals surface area contributed by atoms with Gasteiger partial charge in [0.1, 0.15) is 23.6 Å². The number of benzene rings is 1. The fourth-order valence-electron chi connectivity index (χ4n) is 3.34. The molecule has 0 bridgehead atoms. The predicted molar refractivity (Wildman–Crippen MR) is 101 cm³/mol. The van der Waals surface area contributed by atoms with Crippen LogP contribution in [0.5, 0.6) is 0 Å². The number of nitrogens with one attached hydrogen (secondary N) is 2. The number of urea groups is 1. The van der Waals surface area contributed by atoms with E-state index in [0.29, 0.717) is 28.1 Å². The van der Waals surface area contributed by atoms with Crippen molar-refractivity contribution in [1.29, 1.82) is 0 Å². The van der Waals surface area contributed by atoms with Gasteiger partial charge in [0.25, 0.3) is 5.91 Å². The molecule has 7 nitrogen and oxygen atoms in total. The number of nitrogens with zero attached hydrogens (tertiary/aromatic N) is 1. The summed E-state index contributed by atoms with van der Waals surface area (Å²) >= 11 is 5.61. The number of imide groups is 1. The van der Waals surface area contributed by atoms with Gasteiger partial charge in [0.15, 0.2) is 0 Å². The number of carbonyl (C=O) groups excluding carboxylic acids is 3. The van der Waals surface area contributed by atoms with Crippen molar-refractivity contribution >= 4 is 35.1 Å². The lowest BCUT2D eigenvalue weighted by Gasteiger charge is -2.21. The lowest BCUT2D eigenvalue weighted by Crippen LogP contribution is -2.42. The third kappa shape index (κ3) is 3.87. The van der Waals surface area contributed by atoms with Gasteiger partial charge in [-0.05, 0) is 45.0 Å². The van der Waals surface area contributed by atoms with Crippen molar-refractivity contribution in [2.75, 3.05) is 11.9 Å². The summed E-state index contributed by atoms with van der Waals surface area (Å²) in [6.07, 6.45) is -4.76. The first kappa shape index (κ1) is 21.7. The molecule has 1 aromatic carbocycles. The highest BCUT2D eigenvalue weighted by molar-refractivity contribution is 6.30. The fourth-order valence-corrected chi connectivity index (χ4v) is 3.52. The molecule has 0 spiro atoms. The minimum Gasteiger partial charge on any atom is -0.466 e. The molecule has 1 aromatic heterocycles. The minimum absolute atomic E-state index is 0.157. The van der Waals surface area contributed by atoms with Crippen molar-refractivity contribution in [2.45, 2.75) is 32.5 Å². The summed E-state index contributed by atoms with van der Waals surface area (Å²) in [5.41, 5.74) is -2.71. The Hall–Kier alpha value is -3.01. The molecule has 0 aliphatic carbocycles. The molecule has 1 aliphatic rings. The van der Waals surface area contributed by atoms with E-state index in [4.69, 9.17) is 16.0 Å². The number of carbonyl (C=O) groups is 3. The molecule has 1 fully saturated rings. The van der Waals surface area contributed by atoms with E-state index in [1.807, 2.05) is 0 Å². The molecule has 3 rings (SSSR count). The van der Waals surface area contributed by atoms with Crippen LogP contribution in [0.3, 0.4) is 0 Å². The fraction of sp³-hybridized carbons (Fsp3) is 0.316. The van der Waals surface area contributed by atoms with Crippen LogP contribution in [0, 0.1) is 13.8 Å². The number of rotatable bonds is 4. The normalized spacial score (nSPS) is 19.2. The van der Waals surface area contributed by atoms with Gasteiger partial charge >= 0.3 is 12.2 Å². The second-order valence-electron chi connectivity index (χ2n) is 7.01. The standard InChI is InChI=1S/C19H17ClF3N3O4/c1-9-6-12(10(2)30-9)18(3)16(28)26(17(29)25-18)8-15(27)24-14-5-4-11(20)7-13(14)19(21,22)23/h4-7H,8H2,1-3H3,(H,24,27)(H,25,29). The van der Waals surface area contributed by atoms with Crippen LogP contribution in [0.2, 0.25) is 5.02 Å². The predicted octanol–water partition coefficient (Wildman–Crippen LogP) is 3.97. The number of alkyl halides is 3. The highest BCUT2D eigenvalue weighted by Crippen LogP contribution is 2.37. The number of furan rings is 1. The van der Waals surface area contributed by atoms with Gasteiger partial charge < -0.3 is 15.1 Å². The number of aryl methyl sites for hydroxylation is 2.